The van der Waals surface area contributed by atoms with Crippen LogP contribution in [0.1, 0.15) is 39.9 Å². The molecule has 0 atom stereocenters. The number of ether oxygens (including phenoxy) is 1. The van der Waals surface area contributed by atoms with Crippen LogP contribution in [0.25, 0.3) is 0 Å². The molecule has 2 aliphatic rings. The molecule has 2 aliphatic heterocycles. The minimum atomic E-state index is -0.872. The zero-order valence-electron chi connectivity index (χ0n) is 15.9. The maximum Gasteiger partial charge on any atom is 0.335 e. The van der Waals surface area contributed by atoms with Crippen molar-refractivity contribution in [1.29, 1.82) is 0 Å². The molecule has 0 aromatic heterocycles. The van der Waals surface area contributed by atoms with E-state index in [-0.39, 0.29) is 5.91 Å². The fourth-order valence-corrected chi connectivity index (χ4v) is 4.24. The van der Waals surface area contributed by atoms with Crippen molar-refractivity contribution >= 4 is 11.9 Å². The number of carbonyl (C=O) groups is 2. The van der Waals surface area contributed by atoms with Gasteiger partial charge in [-0.2, -0.15) is 0 Å². The van der Waals surface area contributed by atoms with E-state index < -0.39 is 5.97 Å². The molecule has 0 bridgehead atoms. The predicted molar refractivity (Wildman–Crippen MR) is 106 cm³/mol. The third-order valence-electron chi connectivity index (χ3n) is 5.83. The molecule has 1 saturated heterocycles. The maximum atomic E-state index is 12.7. The Morgan fingerprint density at radius 2 is 1.89 bits per heavy atom. The molecular formula is C23H25NO4. The van der Waals surface area contributed by atoms with E-state index in [4.69, 9.17) is 4.74 Å². The van der Waals surface area contributed by atoms with Gasteiger partial charge in [-0.25, -0.2) is 4.79 Å². The Balaban J connectivity index is 1.31. The first kappa shape index (κ1) is 18.5. The molecule has 4 rings (SSSR count). The number of likely N-dealkylation sites (tertiary alicyclic amines) is 1. The average Bonchev–Trinajstić information content (AvgIpc) is 3.16. The highest BCUT2D eigenvalue weighted by molar-refractivity contribution is 5.89. The van der Waals surface area contributed by atoms with Gasteiger partial charge in [0.05, 0.1) is 18.6 Å². The van der Waals surface area contributed by atoms with E-state index in [1.165, 1.54) is 5.56 Å². The van der Waals surface area contributed by atoms with Crippen molar-refractivity contribution in [2.24, 2.45) is 5.92 Å². The number of benzene rings is 2. The number of nitrogens with zero attached hydrogens (tertiary/aromatic N) is 1. The Kier molecular flexibility index (Phi) is 5.33. The summed E-state index contributed by atoms with van der Waals surface area (Å²) in [6.45, 7) is 2.21. The molecule has 2 heterocycles. The lowest BCUT2D eigenvalue weighted by atomic mass is 9.88. The Labute approximate surface area is 164 Å². The fraction of sp³-hybridized carbons (Fsp3) is 0.391. The Morgan fingerprint density at radius 3 is 2.68 bits per heavy atom. The zero-order chi connectivity index (χ0) is 19.5. The summed E-state index contributed by atoms with van der Waals surface area (Å²) in [4.78, 5) is 26.0. The predicted octanol–water partition coefficient (Wildman–Crippen LogP) is 3.34. The summed E-state index contributed by atoms with van der Waals surface area (Å²) in [6.07, 6.45) is 3.94. The van der Waals surface area contributed by atoms with Crippen LogP contribution in [0.15, 0.2) is 42.5 Å². The minimum absolute atomic E-state index is 0.170. The summed E-state index contributed by atoms with van der Waals surface area (Å²) in [5.41, 5.74) is 3.52. The van der Waals surface area contributed by atoms with Gasteiger partial charge in [0.25, 0.3) is 0 Å². The number of fused-ring (bicyclic) bond motifs is 1. The first-order valence-electron chi connectivity index (χ1n) is 9.94. The summed E-state index contributed by atoms with van der Waals surface area (Å²) in [5, 5.41) is 9.35. The van der Waals surface area contributed by atoms with Crippen LogP contribution in [-0.4, -0.2) is 41.6 Å². The summed E-state index contributed by atoms with van der Waals surface area (Å²) >= 11 is 0. The highest BCUT2D eigenvalue weighted by atomic mass is 16.5. The third-order valence-corrected chi connectivity index (χ3v) is 5.83. The number of carboxylic acid groups (broad SMARTS) is 1. The van der Waals surface area contributed by atoms with Crippen LogP contribution in [-0.2, 0) is 24.1 Å². The van der Waals surface area contributed by atoms with Gasteiger partial charge in [0.15, 0.2) is 0 Å². The summed E-state index contributed by atoms with van der Waals surface area (Å²) in [5.74, 6) is 0.659. The molecule has 28 heavy (non-hydrogen) atoms. The van der Waals surface area contributed by atoms with E-state index in [1.54, 1.807) is 12.1 Å². The van der Waals surface area contributed by atoms with Gasteiger partial charge in [-0.3, -0.25) is 4.79 Å². The van der Waals surface area contributed by atoms with Gasteiger partial charge >= 0.3 is 5.97 Å². The van der Waals surface area contributed by atoms with Crippen LogP contribution in [0.4, 0.5) is 0 Å². The molecule has 0 spiro atoms. The molecule has 2 aromatic carbocycles. The second kappa shape index (κ2) is 8.05. The van der Waals surface area contributed by atoms with E-state index >= 15 is 0 Å². The number of amides is 1. The van der Waals surface area contributed by atoms with Gasteiger partial charge in [0.2, 0.25) is 5.91 Å². The lowest BCUT2D eigenvalue weighted by molar-refractivity contribution is -0.131. The van der Waals surface area contributed by atoms with Crippen LogP contribution in [0.3, 0.4) is 0 Å². The van der Waals surface area contributed by atoms with E-state index in [0.29, 0.717) is 17.9 Å². The number of carboxylic acids is 1. The van der Waals surface area contributed by atoms with Crippen molar-refractivity contribution in [2.45, 2.75) is 32.1 Å². The largest absolute Gasteiger partial charge is 0.493 e. The topological polar surface area (TPSA) is 66.8 Å². The molecule has 146 valence electrons. The van der Waals surface area contributed by atoms with E-state index in [2.05, 4.69) is 6.07 Å². The van der Waals surface area contributed by atoms with Crippen LogP contribution in [0, 0.1) is 5.92 Å². The highest BCUT2D eigenvalue weighted by Gasteiger charge is 2.24. The van der Waals surface area contributed by atoms with Crippen LogP contribution >= 0.6 is 0 Å². The fourth-order valence-electron chi connectivity index (χ4n) is 4.24. The summed E-state index contributed by atoms with van der Waals surface area (Å²) in [6, 6.07) is 13.3. The molecule has 1 amide bonds. The molecular weight excluding hydrogens is 354 g/mol. The number of rotatable bonds is 5. The molecule has 0 saturated carbocycles. The van der Waals surface area contributed by atoms with Crippen LogP contribution in [0.2, 0.25) is 0 Å². The standard InChI is InChI=1S/C23H25NO4/c25-22(15-17-5-6-21-19(14-17)9-12-28-21)24-10-7-16(8-11-24)13-18-3-1-2-4-20(18)23(26)27/h1-6,14,16H,7-13,15H2,(H,26,27). The van der Waals surface area contributed by atoms with Crippen molar-refractivity contribution < 1.29 is 19.4 Å². The van der Waals surface area contributed by atoms with E-state index in [1.807, 2.05) is 29.2 Å². The van der Waals surface area contributed by atoms with Crippen molar-refractivity contribution in [1.82, 2.24) is 4.90 Å². The number of hydrogen-bond donors (Lipinski definition) is 1. The average molecular weight is 379 g/mol. The van der Waals surface area contributed by atoms with Gasteiger partial charge in [-0.1, -0.05) is 30.3 Å². The zero-order valence-corrected chi connectivity index (χ0v) is 15.9. The Bertz CT molecular complexity index is 884. The molecule has 5 nitrogen and oxygen atoms in total. The molecule has 2 aromatic rings. The molecule has 0 aliphatic carbocycles. The first-order chi connectivity index (χ1) is 13.6. The number of piperidine rings is 1. The van der Waals surface area contributed by atoms with Gasteiger partial charge in [-0.05, 0) is 54.0 Å². The maximum absolute atomic E-state index is 12.7. The monoisotopic (exact) mass is 379 g/mol. The molecule has 0 radical (unpaired) electrons. The third kappa shape index (κ3) is 4.03. The Hall–Kier alpha value is -2.82. The lowest BCUT2D eigenvalue weighted by Gasteiger charge is -2.32. The first-order valence-corrected chi connectivity index (χ1v) is 9.94. The number of aromatic carboxylic acids is 1. The second-order valence-electron chi connectivity index (χ2n) is 7.71. The SMILES string of the molecule is O=C(O)c1ccccc1CC1CCN(C(=O)Cc2ccc3c(c2)CCO3)CC1. The van der Waals surface area contributed by atoms with Gasteiger partial charge in [-0.15, -0.1) is 0 Å². The second-order valence-corrected chi connectivity index (χ2v) is 7.71. The van der Waals surface area contributed by atoms with Crippen LogP contribution < -0.4 is 4.74 Å². The molecule has 5 heteroatoms. The van der Waals surface area contributed by atoms with Crippen molar-refractivity contribution in [3.05, 3.63) is 64.7 Å². The number of carbonyl (C=O) groups excluding carboxylic acids is 1. The van der Waals surface area contributed by atoms with Crippen molar-refractivity contribution in [2.75, 3.05) is 19.7 Å². The summed E-state index contributed by atoms with van der Waals surface area (Å²) < 4.78 is 5.53. The van der Waals surface area contributed by atoms with Crippen molar-refractivity contribution in [3.63, 3.8) is 0 Å². The molecule has 1 N–H and O–H groups in total. The number of hydrogen-bond acceptors (Lipinski definition) is 3. The van der Waals surface area contributed by atoms with E-state index in [0.717, 1.165) is 62.3 Å². The van der Waals surface area contributed by atoms with Crippen LogP contribution in [0.5, 0.6) is 5.75 Å². The quantitative estimate of drug-likeness (QED) is 0.865. The van der Waals surface area contributed by atoms with E-state index in [9.17, 15) is 14.7 Å². The summed E-state index contributed by atoms with van der Waals surface area (Å²) in [7, 11) is 0. The lowest BCUT2D eigenvalue weighted by Crippen LogP contribution is -2.39. The Morgan fingerprint density at radius 1 is 1.11 bits per heavy atom. The molecule has 0 unspecified atom stereocenters. The van der Waals surface area contributed by atoms with Crippen molar-refractivity contribution in [3.8, 4) is 5.75 Å². The molecule has 1 fully saturated rings. The highest BCUT2D eigenvalue weighted by Crippen LogP contribution is 2.27. The van der Waals surface area contributed by atoms with Gasteiger partial charge < -0.3 is 14.7 Å². The smallest absolute Gasteiger partial charge is 0.335 e. The van der Waals surface area contributed by atoms with Gasteiger partial charge in [0, 0.05) is 19.5 Å². The minimum Gasteiger partial charge on any atom is -0.493 e. The van der Waals surface area contributed by atoms with Gasteiger partial charge in [0.1, 0.15) is 5.75 Å². The normalized spacial score (nSPS) is 16.5.